The van der Waals surface area contributed by atoms with E-state index in [9.17, 15) is 0 Å². The van der Waals surface area contributed by atoms with E-state index in [0.717, 1.165) is 28.3 Å². The number of thiophene rings is 1. The highest BCUT2D eigenvalue weighted by Gasteiger charge is 2.19. The highest BCUT2D eigenvalue weighted by atomic mass is 79.9. The lowest BCUT2D eigenvalue weighted by Gasteiger charge is -2.24. The van der Waals surface area contributed by atoms with Crippen LogP contribution in [0.2, 0.25) is 0 Å². The fraction of sp³-hybridized carbons (Fsp3) is 0.429. The summed E-state index contributed by atoms with van der Waals surface area (Å²) in [5, 5.41) is 2.16. The minimum absolute atomic E-state index is 0.124. The summed E-state index contributed by atoms with van der Waals surface area (Å²) >= 11 is 5.20. The smallest absolute Gasteiger partial charge is 0.122 e. The van der Waals surface area contributed by atoms with E-state index >= 15 is 0 Å². The maximum absolute atomic E-state index is 5.91. The largest absolute Gasteiger partial charge is 0.464 e. The van der Waals surface area contributed by atoms with Crippen molar-refractivity contribution in [2.75, 3.05) is 13.6 Å². The first-order valence-corrected chi connectivity index (χ1v) is 8.03. The van der Waals surface area contributed by atoms with Crippen LogP contribution < -0.4 is 5.73 Å². The van der Waals surface area contributed by atoms with Crippen molar-refractivity contribution >= 4 is 27.3 Å². The van der Waals surface area contributed by atoms with Gasteiger partial charge in [0.1, 0.15) is 11.5 Å². The zero-order valence-electron chi connectivity index (χ0n) is 11.2. The van der Waals surface area contributed by atoms with Crippen molar-refractivity contribution in [1.82, 2.24) is 4.90 Å². The Labute approximate surface area is 126 Å². The van der Waals surface area contributed by atoms with Crippen LogP contribution in [0.3, 0.4) is 0 Å². The Morgan fingerprint density at radius 1 is 1.47 bits per heavy atom. The summed E-state index contributed by atoms with van der Waals surface area (Å²) in [6, 6.07) is 6.34. The molecule has 0 radical (unpaired) electrons. The van der Waals surface area contributed by atoms with Crippen LogP contribution in [-0.2, 0) is 13.0 Å². The molecule has 0 amide bonds. The van der Waals surface area contributed by atoms with Gasteiger partial charge in [0.2, 0.25) is 0 Å². The predicted molar refractivity (Wildman–Crippen MR) is 83.4 cm³/mol. The van der Waals surface area contributed by atoms with Crippen molar-refractivity contribution in [2.24, 2.45) is 5.73 Å². The second kappa shape index (κ2) is 6.70. The molecule has 2 rings (SSSR count). The quantitative estimate of drug-likeness (QED) is 0.868. The molecular weight excluding hydrogens is 324 g/mol. The van der Waals surface area contributed by atoms with Gasteiger partial charge in [-0.25, -0.2) is 0 Å². The number of aryl methyl sites for hydroxylation is 1. The van der Waals surface area contributed by atoms with Gasteiger partial charge in [-0.2, -0.15) is 0 Å². The summed E-state index contributed by atoms with van der Waals surface area (Å²) < 4.78 is 6.98. The molecule has 0 aliphatic heterocycles. The minimum atomic E-state index is 0.124. The van der Waals surface area contributed by atoms with Crippen LogP contribution in [0.4, 0.5) is 0 Å². The van der Waals surface area contributed by atoms with Crippen LogP contribution >= 0.6 is 27.3 Å². The molecule has 0 aliphatic carbocycles. The second-order valence-corrected chi connectivity index (χ2v) is 6.87. The third kappa shape index (κ3) is 3.69. The number of furan rings is 1. The minimum Gasteiger partial charge on any atom is -0.464 e. The molecule has 1 unspecified atom stereocenters. The number of hydrogen-bond acceptors (Lipinski definition) is 4. The highest BCUT2D eigenvalue weighted by molar-refractivity contribution is 9.11. The Hall–Kier alpha value is -0.620. The fourth-order valence-corrected chi connectivity index (χ4v) is 3.30. The Bertz CT molecular complexity index is 523. The van der Waals surface area contributed by atoms with Crippen molar-refractivity contribution in [2.45, 2.75) is 25.9 Å². The van der Waals surface area contributed by atoms with Crippen LogP contribution in [-0.4, -0.2) is 18.5 Å². The number of halogens is 1. The van der Waals surface area contributed by atoms with Crippen LogP contribution in [0.15, 0.2) is 31.8 Å². The van der Waals surface area contributed by atoms with Gasteiger partial charge in [0.05, 0.1) is 9.83 Å². The van der Waals surface area contributed by atoms with E-state index < -0.39 is 0 Å². The Morgan fingerprint density at radius 3 is 2.79 bits per heavy atom. The standard InChI is InChI=1S/C14H19BrN2OS/c1-3-11-4-5-13(18-11)12(7-16)17(2)8-10-6-14(15)19-9-10/h4-6,9,12H,3,7-8,16H2,1-2H3. The van der Waals surface area contributed by atoms with E-state index in [1.165, 1.54) is 5.56 Å². The van der Waals surface area contributed by atoms with Gasteiger partial charge in [-0.3, -0.25) is 4.90 Å². The summed E-state index contributed by atoms with van der Waals surface area (Å²) in [6.45, 7) is 3.51. The molecule has 2 heterocycles. The van der Waals surface area contributed by atoms with Gasteiger partial charge in [-0.1, -0.05) is 6.92 Å². The topological polar surface area (TPSA) is 42.4 Å². The Morgan fingerprint density at radius 2 is 2.26 bits per heavy atom. The van der Waals surface area contributed by atoms with Gasteiger partial charge >= 0.3 is 0 Å². The third-order valence-corrected chi connectivity index (χ3v) is 4.72. The van der Waals surface area contributed by atoms with Crippen LogP contribution in [0.5, 0.6) is 0 Å². The molecule has 2 aromatic heterocycles. The molecule has 0 fully saturated rings. The van der Waals surface area contributed by atoms with E-state index in [1.807, 2.05) is 12.1 Å². The number of hydrogen-bond donors (Lipinski definition) is 1. The summed E-state index contributed by atoms with van der Waals surface area (Å²) in [7, 11) is 2.08. The molecule has 5 heteroatoms. The van der Waals surface area contributed by atoms with Gasteiger partial charge in [0, 0.05) is 19.5 Å². The Kier molecular flexibility index (Phi) is 5.21. The van der Waals surface area contributed by atoms with E-state index in [-0.39, 0.29) is 6.04 Å². The summed E-state index contributed by atoms with van der Waals surface area (Å²) in [5.41, 5.74) is 7.20. The number of nitrogens with two attached hydrogens (primary N) is 1. The maximum Gasteiger partial charge on any atom is 0.122 e. The summed E-state index contributed by atoms with van der Waals surface area (Å²) in [6.07, 6.45) is 0.915. The molecule has 104 valence electrons. The Balaban J connectivity index is 2.08. The molecule has 0 aliphatic rings. The van der Waals surface area contributed by atoms with Crippen molar-refractivity contribution in [3.8, 4) is 0 Å². The summed E-state index contributed by atoms with van der Waals surface area (Å²) in [4.78, 5) is 2.23. The first-order valence-electron chi connectivity index (χ1n) is 6.35. The molecular formula is C14H19BrN2OS. The van der Waals surface area contributed by atoms with Crippen LogP contribution in [0.25, 0.3) is 0 Å². The lowest BCUT2D eigenvalue weighted by Crippen LogP contribution is -2.29. The zero-order valence-corrected chi connectivity index (χ0v) is 13.6. The third-order valence-electron chi connectivity index (χ3n) is 3.17. The highest BCUT2D eigenvalue weighted by Crippen LogP contribution is 2.26. The molecule has 0 saturated heterocycles. The molecule has 0 aromatic carbocycles. The van der Waals surface area contributed by atoms with E-state index in [0.29, 0.717) is 6.54 Å². The molecule has 2 aromatic rings. The van der Waals surface area contributed by atoms with Gasteiger partial charge in [0.25, 0.3) is 0 Å². The average Bonchev–Trinajstić information content (AvgIpc) is 3.00. The van der Waals surface area contributed by atoms with Gasteiger partial charge in [-0.05, 0) is 52.1 Å². The lowest BCUT2D eigenvalue weighted by atomic mass is 10.2. The molecule has 3 nitrogen and oxygen atoms in total. The number of rotatable bonds is 6. The molecule has 19 heavy (non-hydrogen) atoms. The molecule has 1 atom stereocenters. The predicted octanol–water partition coefficient (Wildman–Crippen LogP) is 3.80. The first kappa shape index (κ1) is 14.8. The molecule has 0 bridgehead atoms. The van der Waals surface area contributed by atoms with Crippen molar-refractivity contribution in [3.05, 3.63) is 44.4 Å². The molecule has 0 spiro atoms. The second-order valence-electron chi connectivity index (χ2n) is 4.58. The van der Waals surface area contributed by atoms with E-state index in [4.69, 9.17) is 10.2 Å². The first-order chi connectivity index (χ1) is 9.13. The maximum atomic E-state index is 5.91. The van der Waals surface area contributed by atoms with E-state index in [1.54, 1.807) is 11.3 Å². The van der Waals surface area contributed by atoms with Gasteiger partial charge in [0.15, 0.2) is 0 Å². The van der Waals surface area contributed by atoms with Gasteiger partial charge < -0.3 is 10.2 Å². The zero-order chi connectivity index (χ0) is 13.8. The summed E-state index contributed by atoms with van der Waals surface area (Å²) in [5.74, 6) is 1.97. The molecule has 2 N–H and O–H groups in total. The monoisotopic (exact) mass is 342 g/mol. The average molecular weight is 343 g/mol. The SMILES string of the molecule is CCc1ccc(C(CN)N(C)Cc2csc(Br)c2)o1. The number of likely N-dealkylation sites (N-methyl/N-ethyl adjacent to an activating group) is 1. The van der Waals surface area contributed by atoms with Crippen LogP contribution in [0.1, 0.15) is 30.0 Å². The van der Waals surface area contributed by atoms with Crippen LogP contribution in [0, 0.1) is 0 Å². The lowest BCUT2D eigenvalue weighted by molar-refractivity contribution is 0.210. The van der Waals surface area contributed by atoms with E-state index in [2.05, 4.69) is 46.2 Å². The van der Waals surface area contributed by atoms with Crippen molar-refractivity contribution < 1.29 is 4.42 Å². The normalized spacial score (nSPS) is 13.1. The number of nitrogens with zero attached hydrogens (tertiary/aromatic N) is 1. The van der Waals surface area contributed by atoms with Gasteiger partial charge in [-0.15, -0.1) is 11.3 Å². The molecule has 0 saturated carbocycles. The van der Waals surface area contributed by atoms with Crippen molar-refractivity contribution in [3.63, 3.8) is 0 Å². The van der Waals surface area contributed by atoms with Crippen molar-refractivity contribution in [1.29, 1.82) is 0 Å². The fourth-order valence-electron chi connectivity index (χ4n) is 2.10.